The number of amides is 3. The van der Waals surface area contributed by atoms with Crippen molar-refractivity contribution in [1.29, 1.82) is 0 Å². The fourth-order valence-electron chi connectivity index (χ4n) is 2.33. The quantitative estimate of drug-likeness (QED) is 0.614. The van der Waals surface area contributed by atoms with E-state index in [2.05, 4.69) is 10.6 Å². The fraction of sp³-hybridized carbons (Fsp3) is 0.273. The van der Waals surface area contributed by atoms with E-state index in [9.17, 15) is 14.4 Å². The summed E-state index contributed by atoms with van der Waals surface area (Å²) in [6, 6.07) is 15.5. The van der Waals surface area contributed by atoms with Crippen molar-refractivity contribution >= 4 is 35.1 Å². The minimum atomic E-state index is -0.833. The molecule has 0 radical (unpaired) electrons. The topological polar surface area (TPSA) is 116 Å². The van der Waals surface area contributed by atoms with Gasteiger partial charge < -0.3 is 20.6 Å². The number of hydrogen-bond donors (Lipinski definition) is 3. The Balaban J connectivity index is 0.000000214. The molecule has 0 fully saturated rings. The smallest absolute Gasteiger partial charge is 0.300 e. The molecule has 0 saturated heterocycles. The van der Waals surface area contributed by atoms with Crippen molar-refractivity contribution in [1.82, 2.24) is 4.90 Å². The third-order valence-electron chi connectivity index (χ3n) is 3.91. The SMILES string of the molecule is CC(=O)N(C)C.CC(=O)O.O=C1Cc2ccccc2N1.O=C1Cc2ccccc2N1. The Morgan fingerprint density at radius 2 is 1.10 bits per heavy atom. The maximum atomic E-state index is 10.8. The van der Waals surface area contributed by atoms with Gasteiger partial charge in [-0.05, 0) is 23.3 Å². The number of aliphatic carboxylic acids is 1. The second-order valence-electron chi connectivity index (χ2n) is 6.70. The van der Waals surface area contributed by atoms with Gasteiger partial charge in [0.15, 0.2) is 0 Å². The third-order valence-corrected chi connectivity index (χ3v) is 3.91. The van der Waals surface area contributed by atoms with Crippen LogP contribution in [0.15, 0.2) is 48.5 Å². The predicted molar refractivity (Wildman–Crippen MR) is 115 cm³/mol. The predicted octanol–water partition coefficient (Wildman–Crippen LogP) is 2.55. The number of carboxylic acids is 1. The van der Waals surface area contributed by atoms with E-state index >= 15 is 0 Å². The van der Waals surface area contributed by atoms with Crippen LogP contribution in [0.2, 0.25) is 0 Å². The highest BCUT2D eigenvalue weighted by atomic mass is 16.4. The maximum absolute atomic E-state index is 10.8. The van der Waals surface area contributed by atoms with Crippen LogP contribution in [0, 0.1) is 0 Å². The third kappa shape index (κ3) is 9.01. The molecule has 8 heteroatoms. The second kappa shape index (κ2) is 12.0. The van der Waals surface area contributed by atoms with Crippen molar-refractivity contribution in [3.63, 3.8) is 0 Å². The van der Waals surface area contributed by atoms with Gasteiger partial charge in [-0.15, -0.1) is 0 Å². The molecule has 2 aromatic carbocycles. The summed E-state index contributed by atoms with van der Waals surface area (Å²) in [4.78, 5) is 42.2. The number of hydrogen-bond acceptors (Lipinski definition) is 4. The molecule has 2 aromatic rings. The van der Waals surface area contributed by atoms with E-state index in [4.69, 9.17) is 9.90 Å². The molecule has 2 aliphatic rings. The van der Waals surface area contributed by atoms with Gasteiger partial charge in [-0.25, -0.2) is 0 Å². The Hall–Kier alpha value is -3.68. The average molecular weight is 413 g/mol. The number of carbonyl (C=O) groups is 4. The van der Waals surface area contributed by atoms with Crippen LogP contribution < -0.4 is 10.6 Å². The molecule has 0 aromatic heterocycles. The Kier molecular flexibility index (Phi) is 9.75. The lowest BCUT2D eigenvalue weighted by atomic mass is 10.2. The van der Waals surface area contributed by atoms with Crippen LogP contribution >= 0.6 is 0 Å². The summed E-state index contributed by atoms with van der Waals surface area (Å²) in [6.45, 7) is 2.61. The normalized spacial score (nSPS) is 12.1. The maximum Gasteiger partial charge on any atom is 0.300 e. The Labute approximate surface area is 175 Å². The van der Waals surface area contributed by atoms with Crippen molar-refractivity contribution < 1.29 is 24.3 Å². The number of carbonyl (C=O) groups excluding carboxylic acids is 3. The summed E-state index contributed by atoms with van der Waals surface area (Å²) in [5.74, 6) is -0.544. The van der Waals surface area contributed by atoms with Gasteiger partial charge in [0, 0.05) is 39.3 Å². The molecule has 3 amide bonds. The highest BCUT2D eigenvalue weighted by molar-refractivity contribution is 5.99. The molecule has 0 atom stereocenters. The van der Waals surface area contributed by atoms with Crippen LogP contribution in [0.4, 0.5) is 11.4 Å². The Morgan fingerprint density at radius 3 is 1.37 bits per heavy atom. The van der Waals surface area contributed by atoms with Crippen LogP contribution in [0.25, 0.3) is 0 Å². The first-order valence-corrected chi connectivity index (χ1v) is 9.23. The average Bonchev–Trinajstić information content (AvgIpc) is 3.22. The molecule has 0 spiro atoms. The first kappa shape index (κ1) is 24.4. The lowest BCUT2D eigenvalue weighted by Crippen LogP contribution is -2.17. The summed E-state index contributed by atoms with van der Waals surface area (Å²) in [5, 5.41) is 12.9. The number of carboxylic acid groups (broad SMARTS) is 1. The first-order chi connectivity index (χ1) is 14.1. The highest BCUT2D eigenvalue weighted by Crippen LogP contribution is 2.21. The number of fused-ring (bicyclic) bond motifs is 2. The van der Waals surface area contributed by atoms with Crippen LogP contribution in [-0.2, 0) is 32.0 Å². The Bertz CT molecular complexity index is 792. The minimum Gasteiger partial charge on any atom is -0.481 e. The van der Waals surface area contributed by atoms with E-state index in [1.807, 2.05) is 48.5 Å². The minimum absolute atomic E-state index is 0.0926. The number of rotatable bonds is 0. The fourth-order valence-corrected chi connectivity index (χ4v) is 2.33. The number of nitrogens with zero attached hydrogens (tertiary/aromatic N) is 1. The lowest BCUT2D eigenvalue weighted by molar-refractivity contribution is -0.134. The van der Waals surface area contributed by atoms with Crippen molar-refractivity contribution in [2.24, 2.45) is 0 Å². The van der Waals surface area contributed by atoms with Crippen LogP contribution in [0.3, 0.4) is 0 Å². The van der Waals surface area contributed by atoms with Crippen molar-refractivity contribution in [3.8, 4) is 0 Å². The van der Waals surface area contributed by atoms with E-state index in [1.54, 1.807) is 14.1 Å². The molecule has 0 bridgehead atoms. The van der Waals surface area contributed by atoms with Crippen molar-refractivity contribution in [3.05, 3.63) is 59.7 Å². The van der Waals surface area contributed by atoms with Gasteiger partial charge in [0.2, 0.25) is 17.7 Å². The van der Waals surface area contributed by atoms with E-state index < -0.39 is 5.97 Å². The van der Waals surface area contributed by atoms with Gasteiger partial charge in [0.25, 0.3) is 5.97 Å². The van der Waals surface area contributed by atoms with E-state index in [-0.39, 0.29) is 17.7 Å². The van der Waals surface area contributed by atoms with E-state index in [0.29, 0.717) is 12.8 Å². The van der Waals surface area contributed by atoms with Gasteiger partial charge in [-0.3, -0.25) is 19.2 Å². The van der Waals surface area contributed by atoms with Crippen molar-refractivity contribution in [2.45, 2.75) is 26.7 Å². The summed E-state index contributed by atoms with van der Waals surface area (Å²) >= 11 is 0. The summed E-state index contributed by atoms with van der Waals surface area (Å²) in [7, 11) is 3.45. The first-order valence-electron chi connectivity index (χ1n) is 9.23. The van der Waals surface area contributed by atoms with Gasteiger partial charge in [-0.2, -0.15) is 0 Å². The number of anilines is 2. The van der Waals surface area contributed by atoms with Gasteiger partial charge in [0.05, 0.1) is 12.8 Å². The molecule has 4 rings (SSSR count). The number of nitrogens with one attached hydrogen (secondary N) is 2. The second-order valence-corrected chi connectivity index (χ2v) is 6.70. The number of benzene rings is 2. The largest absolute Gasteiger partial charge is 0.481 e. The van der Waals surface area contributed by atoms with Crippen molar-refractivity contribution in [2.75, 3.05) is 24.7 Å². The van der Waals surface area contributed by atoms with Crippen LogP contribution in [0.5, 0.6) is 0 Å². The molecule has 8 nitrogen and oxygen atoms in total. The standard InChI is InChI=1S/2C8H7NO.C4H9NO.C2H4O2/c2*10-8-5-6-3-1-2-4-7(6)9-8;1-4(6)5(2)3;1-2(3)4/h2*1-4H,5H2,(H,9,10);1-3H3;1H3,(H,3,4). The molecule has 0 saturated carbocycles. The summed E-state index contributed by atoms with van der Waals surface area (Å²) < 4.78 is 0. The molecular weight excluding hydrogens is 386 g/mol. The van der Waals surface area contributed by atoms with E-state index in [1.165, 1.54) is 11.8 Å². The summed E-state index contributed by atoms with van der Waals surface area (Å²) in [5.41, 5.74) is 4.14. The monoisotopic (exact) mass is 413 g/mol. The van der Waals surface area contributed by atoms with E-state index in [0.717, 1.165) is 29.4 Å². The van der Waals surface area contributed by atoms with Crippen LogP contribution in [0.1, 0.15) is 25.0 Å². The van der Waals surface area contributed by atoms with Crippen LogP contribution in [-0.4, -0.2) is 47.8 Å². The molecule has 30 heavy (non-hydrogen) atoms. The molecule has 160 valence electrons. The zero-order valence-electron chi connectivity index (χ0n) is 17.6. The zero-order chi connectivity index (χ0) is 22.7. The summed E-state index contributed by atoms with van der Waals surface area (Å²) in [6.07, 6.45) is 1.08. The molecule has 3 N–H and O–H groups in total. The zero-order valence-corrected chi connectivity index (χ0v) is 17.6. The lowest BCUT2D eigenvalue weighted by Gasteiger charge is -2.02. The molecule has 0 aliphatic carbocycles. The highest BCUT2D eigenvalue weighted by Gasteiger charge is 2.15. The molecular formula is C22H27N3O5. The molecule has 2 aliphatic heterocycles. The molecule has 0 unspecified atom stereocenters. The molecule has 2 heterocycles. The number of para-hydroxylation sites is 2. The van der Waals surface area contributed by atoms with Gasteiger partial charge in [-0.1, -0.05) is 36.4 Å². The van der Waals surface area contributed by atoms with Gasteiger partial charge >= 0.3 is 0 Å². The Morgan fingerprint density at radius 1 is 0.800 bits per heavy atom. The van der Waals surface area contributed by atoms with Gasteiger partial charge in [0.1, 0.15) is 0 Å².